The molecule has 1 unspecified atom stereocenters. The Balaban J connectivity index is 3.25. The van der Waals surface area contributed by atoms with Crippen molar-refractivity contribution in [2.24, 2.45) is 0 Å². The third-order valence-electron chi connectivity index (χ3n) is 4.46. The van der Waals surface area contributed by atoms with E-state index in [1.54, 1.807) is 0 Å². The lowest BCUT2D eigenvalue weighted by Crippen LogP contribution is -2.18. The second-order valence-corrected chi connectivity index (χ2v) is 8.18. The van der Waals surface area contributed by atoms with Gasteiger partial charge in [0, 0.05) is 0 Å². The predicted molar refractivity (Wildman–Crippen MR) is 108 cm³/mol. The highest BCUT2D eigenvalue weighted by atomic mass is 32.3. The minimum absolute atomic E-state index is 0.371. The molecule has 0 radical (unpaired) electrons. The van der Waals surface area contributed by atoms with Crippen LogP contribution in [0.3, 0.4) is 0 Å². The summed E-state index contributed by atoms with van der Waals surface area (Å²) in [6.45, 7) is 1.88. The van der Waals surface area contributed by atoms with Crippen LogP contribution in [0, 0.1) is 0 Å². The van der Waals surface area contributed by atoms with Gasteiger partial charge in [0.05, 0.1) is 12.7 Å². The molecular weight excluding hydrogens is 352 g/mol. The van der Waals surface area contributed by atoms with Crippen molar-refractivity contribution < 1.29 is 22.3 Å². The van der Waals surface area contributed by atoms with E-state index in [2.05, 4.69) is 23.3 Å². The molecule has 2 N–H and O–H groups in total. The Hall–Kier alpha value is -0.430. The van der Waals surface area contributed by atoms with E-state index in [9.17, 15) is 13.5 Å². The van der Waals surface area contributed by atoms with Gasteiger partial charge in [-0.2, -0.15) is 8.42 Å². The van der Waals surface area contributed by atoms with Crippen LogP contribution in [-0.4, -0.2) is 30.8 Å². The molecule has 0 aromatic heterocycles. The van der Waals surface area contributed by atoms with E-state index in [0.29, 0.717) is 6.42 Å². The molecule has 0 saturated heterocycles. The van der Waals surface area contributed by atoms with Crippen molar-refractivity contribution in [3.63, 3.8) is 0 Å². The third kappa shape index (κ3) is 21.6. The molecule has 0 bridgehead atoms. The summed E-state index contributed by atoms with van der Waals surface area (Å²) in [7, 11) is -4.45. The number of rotatable bonds is 19. The summed E-state index contributed by atoms with van der Waals surface area (Å²) in [5.74, 6) is 0. The molecule has 156 valence electrons. The monoisotopic (exact) mass is 392 g/mol. The molecule has 1 atom stereocenters. The van der Waals surface area contributed by atoms with Crippen LogP contribution in [0.2, 0.25) is 0 Å². The Labute approximate surface area is 161 Å². The van der Waals surface area contributed by atoms with Crippen LogP contribution in [0.15, 0.2) is 12.2 Å². The first kappa shape index (κ1) is 25.6. The Morgan fingerprint density at radius 1 is 0.808 bits per heavy atom. The van der Waals surface area contributed by atoms with Crippen LogP contribution in [0.1, 0.15) is 103 Å². The first-order valence-electron chi connectivity index (χ1n) is 10.4. The second kappa shape index (κ2) is 18.0. The van der Waals surface area contributed by atoms with Crippen LogP contribution in [0.4, 0.5) is 0 Å². The Kier molecular flexibility index (Phi) is 17.7. The van der Waals surface area contributed by atoms with Gasteiger partial charge in [-0.1, -0.05) is 83.3 Å². The van der Waals surface area contributed by atoms with Crippen molar-refractivity contribution in [2.75, 3.05) is 6.61 Å². The molecule has 0 aromatic rings. The standard InChI is InChI=1S/C20H40O5S/c1-2-3-4-5-6-7-8-9-10-11-12-13-14-15-16-17-18-20(21)19-25-26(22,23)24/h9-10,20-21H,2-8,11-19H2,1H3,(H,22,23,24)/b10-9-. The van der Waals surface area contributed by atoms with E-state index < -0.39 is 16.5 Å². The molecule has 0 heterocycles. The Morgan fingerprint density at radius 3 is 1.77 bits per heavy atom. The lowest BCUT2D eigenvalue weighted by molar-refractivity contribution is 0.0935. The van der Waals surface area contributed by atoms with E-state index >= 15 is 0 Å². The summed E-state index contributed by atoms with van der Waals surface area (Å²) in [4.78, 5) is 0. The highest BCUT2D eigenvalue weighted by Gasteiger charge is 2.10. The summed E-state index contributed by atoms with van der Waals surface area (Å²) in [6.07, 6.45) is 21.5. The van der Waals surface area contributed by atoms with Crippen molar-refractivity contribution in [3.05, 3.63) is 12.2 Å². The smallest absolute Gasteiger partial charge is 0.391 e. The molecule has 0 fully saturated rings. The molecule has 0 amide bonds. The molecule has 26 heavy (non-hydrogen) atoms. The zero-order chi connectivity index (χ0) is 19.5. The van der Waals surface area contributed by atoms with Crippen LogP contribution in [-0.2, 0) is 14.6 Å². The first-order chi connectivity index (χ1) is 12.5. The molecule has 0 aliphatic rings. The fourth-order valence-electron chi connectivity index (χ4n) is 2.88. The van der Waals surface area contributed by atoms with Crippen LogP contribution < -0.4 is 0 Å². The van der Waals surface area contributed by atoms with Gasteiger partial charge in [0.25, 0.3) is 0 Å². The van der Waals surface area contributed by atoms with Gasteiger partial charge in [0.15, 0.2) is 0 Å². The number of allylic oxidation sites excluding steroid dienone is 2. The molecule has 0 rings (SSSR count). The highest BCUT2D eigenvalue weighted by molar-refractivity contribution is 7.80. The zero-order valence-electron chi connectivity index (χ0n) is 16.6. The number of hydrogen-bond acceptors (Lipinski definition) is 4. The lowest BCUT2D eigenvalue weighted by Gasteiger charge is -2.09. The zero-order valence-corrected chi connectivity index (χ0v) is 17.4. The van der Waals surface area contributed by atoms with E-state index in [1.807, 2.05) is 0 Å². The largest absolute Gasteiger partial charge is 0.397 e. The van der Waals surface area contributed by atoms with Gasteiger partial charge in [-0.15, -0.1) is 0 Å². The van der Waals surface area contributed by atoms with Crippen LogP contribution in [0.5, 0.6) is 0 Å². The minimum atomic E-state index is -4.45. The Bertz CT molecular complexity index is 420. The number of aliphatic hydroxyl groups excluding tert-OH is 1. The minimum Gasteiger partial charge on any atom is -0.391 e. The molecule has 0 aromatic carbocycles. The van der Waals surface area contributed by atoms with Gasteiger partial charge >= 0.3 is 10.4 Å². The van der Waals surface area contributed by atoms with Crippen molar-refractivity contribution in [2.45, 2.75) is 109 Å². The average Bonchev–Trinajstić information content (AvgIpc) is 2.59. The molecule has 5 nitrogen and oxygen atoms in total. The lowest BCUT2D eigenvalue weighted by atomic mass is 10.1. The van der Waals surface area contributed by atoms with E-state index in [0.717, 1.165) is 19.3 Å². The van der Waals surface area contributed by atoms with Crippen molar-refractivity contribution >= 4 is 10.4 Å². The van der Waals surface area contributed by atoms with Gasteiger partial charge in [0.1, 0.15) is 0 Å². The topological polar surface area (TPSA) is 83.8 Å². The van der Waals surface area contributed by atoms with Crippen LogP contribution in [0.25, 0.3) is 0 Å². The Morgan fingerprint density at radius 2 is 1.27 bits per heavy atom. The SMILES string of the molecule is CCCCCCCC/C=C\CCCCCCCCC(O)COS(=O)(=O)O. The van der Waals surface area contributed by atoms with Gasteiger partial charge in [-0.05, 0) is 32.1 Å². The van der Waals surface area contributed by atoms with Crippen molar-refractivity contribution in [1.82, 2.24) is 0 Å². The maximum atomic E-state index is 10.4. The van der Waals surface area contributed by atoms with Crippen molar-refractivity contribution in [3.8, 4) is 0 Å². The molecule has 0 saturated carbocycles. The van der Waals surface area contributed by atoms with Crippen LogP contribution >= 0.6 is 0 Å². The van der Waals surface area contributed by atoms with Gasteiger partial charge in [-0.3, -0.25) is 4.55 Å². The second-order valence-electron chi connectivity index (χ2n) is 7.09. The summed E-state index contributed by atoms with van der Waals surface area (Å²) in [6, 6.07) is 0. The number of aliphatic hydroxyl groups is 1. The van der Waals surface area contributed by atoms with Gasteiger partial charge in [-0.25, -0.2) is 4.18 Å². The maximum absolute atomic E-state index is 10.4. The molecule has 0 aliphatic heterocycles. The van der Waals surface area contributed by atoms with E-state index in [1.165, 1.54) is 70.6 Å². The number of unbranched alkanes of at least 4 members (excludes halogenated alkanes) is 12. The molecular formula is C20H40O5S. The van der Waals surface area contributed by atoms with Crippen molar-refractivity contribution in [1.29, 1.82) is 0 Å². The maximum Gasteiger partial charge on any atom is 0.397 e. The summed E-state index contributed by atoms with van der Waals surface area (Å²) < 4.78 is 33.3. The molecule has 6 heteroatoms. The number of hydrogen-bond donors (Lipinski definition) is 2. The van der Waals surface area contributed by atoms with Gasteiger partial charge in [0.2, 0.25) is 0 Å². The highest BCUT2D eigenvalue weighted by Crippen LogP contribution is 2.11. The summed E-state index contributed by atoms with van der Waals surface area (Å²) in [5, 5.41) is 9.52. The third-order valence-corrected chi connectivity index (χ3v) is 4.89. The van der Waals surface area contributed by atoms with E-state index in [4.69, 9.17) is 4.55 Å². The van der Waals surface area contributed by atoms with E-state index in [-0.39, 0.29) is 6.61 Å². The normalized spacial score (nSPS) is 13.5. The quantitative estimate of drug-likeness (QED) is 0.170. The molecule has 0 aliphatic carbocycles. The van der Waals surface area contributed by atoms with Gasteiger partial charge < -0.3 is 5.11 Å². The average molecular weight is 393 g/mol. The fourth-order valence-corrected chi connectivity index (χ4v) is 3.20. The first-order valence-corrected chi connectivity index (χ1v) is 11.8. The fraction of sp³-hybridized carbons (Fsp3) is 0.900. The summed E-state index contributed by atoms with van der Waals surface area (Å²) in [5.41, 5.74) is 0. The molecule has 0 spiro atoms. The summed E-state index contributed by atoms with van der Waals surface area (Å²) >= 11 is 0. The predicted octanol–water partition coefficient (Wildman–Crippen LogP) is 5.59.